The summed E-state index contributed by atoms with van der Waals surface area (Å²) >= 11 is 0. The van der Waals surface area contributed by atoms with E-state index in [4.69, 9.17) is 4.52 Å². The van der Waals surface area contributed by atoms with Crippen molar-refractivity contribution in [3.05, 3.63) is 29.2 Å². The minimum Gasteiger partial charge on any atom is -0.361 e. The van der Waals surface area contributed by atoms with Crippen LogP contribution in [0.25, 0.3) is 0 Å². The number of hydrogen-bond donors (Lipinski definition) is 1. The van der Waals surface area contributed by atoms with E-state index < -0.39 is 0 Å². The van der Waals surface area contributed by atoms with Crippen molar-refractivity contribution in [3.63, 3.8) is 0 Å². The molecule has 0 saturated heterocycles. The first-order valence-corrected chi connectivity index (χ1v) is 5.68. The fourth-order valence-electron chi connectivity index (χ4n) is 1.14. The van der Waals surface area contributed by atoms with E-state index in [1.165, 1.54) is 0 Å². The van der Waals surface area contributed by atoms with Crippen molar-refractivity contribution in [1.82, 2.24) is 10.5 Å². The molecule has 0 atom stereocenters. The highest BCUT2D eigenvalue weighted by molar-refractivity contribution is 5.88. The lowest BCUT2D eigenvalue weighted by atomic mass is 9.87. The van der Waals surface area contributed by atoms with E-state index >= 15 is 0 Å². The van der Waals surface area contributed by atoms with Crippen molar-refractivity contribution >= 4 is 5.91 Å². The van der Waals surface area contributed by atoms with Crippen LogP contribution in [0.15, 0.2) is 22.2 Å². The van der Waals surface area contributed by atoms with Gasteiger partial charge in [-0.1, -0.05) is 31.5 Å². The quantitative estimate of drug-likeness (QED) is 0.821. The third kappa shape index (κ3) is 4.43. The molecule has 4 heteroatoms. The Kier molecular flexibility index (Phi) is 4.10. The van der Waals surface area contributed by atoms with Crippen molar-refractivity contribution in [1.29, 1.82) is 0 Å². The van der Waals surface area contributed by atoms with Crippen molar-refractivity contribution in [2.75, 3.05) is 0 Å². The van der Waals surface area contributed by atoms with Gasteiger partial charge in [0, 0.05) is 12.1 Å². The predicted octanol–water partition coefficient (Wildman–Crippen LogP) is 2.59. The maximum atomic E-state index is 11.6. The molecule has 1 rings (SSSR count). The Balaban J connectivity index is 2.51. The molecule has 0 fully saturated rings. The molecule has 1 aromatic rings. The fraction of sp³-hybridized carbons (Fsp3) is 0.538. The Morgan fingerprint density at radius 3 is 2.65 bits per heavy atom. The zero-order valence-corrected chi connectivity index (χ0v) is 11.1. The van der Waals surface area contributed by atoms with Crippen LogP contribution < -0.4 is 5.32 Å². The van der Waals surface area contributed by atoms with Crippen LogP contribution >= 0.6 is 0 Å². The van der Waals surface area contributed by atoms with Crippen molar-refractivity contribution < 1.29 is 9.32 Å². The number of allylic oxidation sites excluding steroid dienone is 1. The number of rotatable bonds is 3. The molecule has 0 saturated carbocycles. The molecule has 0 bridgehead atoms. The van der Waals surface area contributed by atoms with E-state index in [2.05, 4.69) is 31.2 Å². The molecule has 0 radical (unpaired) electrons. The highest BCUT2D eigenvalue weighted by Gasteiger charge is 2.13. The van der Waals surface area contributed by atoms with Crippen molar-refractivity contribution in [2.24, 2.45) is 5.41 Å². The van der Waals surface area contributed by atoms with Gasteiger partial charge in [0.1, 0.15) is 11.5 Å². The van der Waals surface area contributed by atoms with Gasteiger partial charge in [0.05, 0.1) is 6.54 Å². The molecule has 17 heavy (non-hydrogen) atoms. The van der Waals surface area contributed by atoms with Crippen LogP contribution in [0.5, 0.6) is 0 Å². The maximum absolute atomic E-state index is 11.6. The first-order chi connectivity index (χ1) is 7.79. The number of nitrogens with one attached hydrogen (secondary N) is 1. The minimum absolute atomic E-state index is 0.0157. The number of hydrogen-bond acceptors (Lipinski definition) is 3. The molecule has 0 unspecified atom stereocenters. The molecule has 1 N–H and O–H groups in total. The molecule has 1 aromatic heterocycles. The first-order valence-electron chi connectivity index (χ1n) is 5.68. The zero-order valence-electron chi connectivity index (χ0n) is 11.1. The van der Waals surface area contributed by atoms with Crippen LogP contribution in [0.2, 0.25) is 0 Å². The van der Waals surface area contributed by atoms with Crippen molar-refractivity contribution in [3.8, 4) is 0 Å². The molecule has 4 nitrogen and oxygen atoms in total. The van der Waals surface area contributed by atoms with Crippen LogP contribution in [0.4, 0.5) is 0 Å². The minimum atomic E-state index is -0.0990. The summed E-state index contributed by atoms with van der Waals surface area (Å²) in [4.78, 5) is 11.6. The lowest BCUT2D eigenvalue weighted by Gasteiger charge is -2.19. The van der Waals surface area contributed by atoms with E-state index in [1.54, 1.807) is 12.1 Å². The second-order valence-corrected chi connectivity index (χ2v) is 5.22. The van der Waals surface area contributed by atoms with Gasteiger partial charge in [-0.3, -0.25) is 4.79 Å². The van der Waals surface area contributed by atoms with Crippen molar-refractivity contribution in [2.45, 2.75) is 41.2 Å². The molecule has 0 aliphatic heterocycles. The Hall–Kier alpha value is -1.58. The van der Waals surface area contributed by atoms with E-state index in [0.717, 1.165) is 17.0 Å². The standard InChI is InChI=1S/C13H20N2O2/c1-9(13(3,4)5)6-12(16)14-8-11-7-10(2)17-15-11/h6-7H,8H2,1-5H3,(H,14,16). The normalized spacial score (nSPS) is 12.6. The van der Waals surface area contributed by atoms with E-state index in [9.17, 15) is 4.79 Å². The lowest BCUT2D eigenvalue weighted by molar-refractivity contribution is -0.116. The third-order valence-corrected chi connectivity index (χ3v) is 2.65. The summed E-state index contributed by atoms with van der Waals surface area (Å²) in [5.41, 5.74) is 1.80. The van der Waals surface area contributed by atoms with E-state index in [-0.39, 0.29) is 11.3 Å². The lowest BCUT2D eigenvalue weighted by Crippen LogP contribution is -2.22. The second-order valence-electron chi connectivity index (χ2n) is 5.22. The van der Waals surface area contributed by atoms with Gasteiger partial charge in [-0.05, 0) is 19.3 Å². The van der Waals surface area contributed by atoms with E-state index in [1.807, 2.05) is 13.8 Å². The summed E-state index contributed by atoms with van der Waals surface area (Å²) < 4.78 is 4.92. The summed E-state index contributed by atoms with van der Waals surface area (Å²) in [6, 6.07) is 1.81. The average molecular weight is 236 g/mol. The summed E-state index contributed by atoms with van der Waals surface area (Å²) in [5, 5.41) is 6.58. The van der Waals surface area contributed by atoms with Gasteiger partial charge in [0.15, 0.2) is 0 Å². The summed E-state index contributed by atoms with van der Waals surface area (Å²) in [6.07, 6.45) is 1.63. The third-order valence-electron chi connectivity index (χ3n) is 2.65. The summed E-state index contributed by atoms with van der Waals surface area (Å²) in [6.45, 7) is 10.4. The van der Waals surface area contributed by atoms with Gasteiger partial charge in [-0.25, -0.2) is 0 Å². The van der Waals surface area contributed by atoms with Gasteiger partial charge < -0.3 is 9.84 Å². The van der Waals surface area contributed by atoms with Gasteiger partial charge in [0.25, 0.3) is 0 Å². The molecule has 0 aliphatic rings. The monoisotopic (exact) mass is 236 g/mol. The molecule has 0 aromatic carbocycles. The molecular weight excluding hydrogens is 216 g/mol. The number of carbonyl (C=O) groups is 1. The molecule has 94 valence electrons. The van der Waals surface area contributed by atoms with Gasteiger partial charge in [-0.2, -0.15) is 0 Å². The first kappa shape index (κ1) is 13.5. The van der Waals surface area contributed by atoms with Crippen LogP contribution in [0.1, 0.15) is 39.1 Å². The topological polar surface area (TPSA) is 55.1 Å². The Labute approximate surface area is 102 Å². The number of aryl methyl sites for hydroxylation is 1. The molecule has 1 heterocycles. The Morgan fingerprint density at radius 1 is 1.53 bits per heavy atom. The molecular formula is C13H20N2O2. The predicted molar refractivity (Wildman–Crippen MR) is 66.3 cm³/mol. The SMILES string of the molecule is CC(=CC(=O)NCc1cc(C)on1)C(C)(C)C. The number of nitrogens with zero attached hydrogens (tertiary/aromatic N) is 1. The smallest absolute Gasteiger partial charge is 0.244 e. The Morgan fingerprint density at radius 2 is 2.18 bits per heavy atom. The highest BCUT2D eigenvalue weighted by atomic mass is 16.5. The van der Waals surface area contributed by atoms with Gasteiger partial charge >= 0.3 is 0 Å². The van der Waals surface area contributed by atoms with Gasteiger partial charge in [-0.15, -0.1) is 0 Å². The van der Waals surface area contributed by atoms with Gasteiger partial charge in [0.2, 0.25) is 5.91 Å². The number of amides is 1. The molecule has 1 amide bonds. The maximum Gasteiger partial charge on any atom is 0.244 e. The largest absolute Gasteiger partial charge is 0.361 e. The average Bonchev–Trinajstić information content (AvgIpc) is 2.60. The zero-order chi connectivity index (χ0) is 13.1. The number of aromatic nitrogens is 1. The molecule has 0 aliphatic carbocycles. The van der Waals surface area contributed by atoms with E-state index in [0.29, 0.717) is 6.54 Å². The fourth-order valence-corrected chi connectivity index (χ4v) is 1.14. The van der Waals surface area contributed by atoms with Crippen LogP contribution in [-0.4, -0.2) is 11.1 Å². The summed E-state index contributed by atoms with van der Waals surface area (Å²) in [5.74, 6) is 0.647. The second kappa shape index (κ2) is 5.17. The van der Waals surface area contributed by atoms with Crippen LogP contribution in [0.3, 0.4) is 0 Å². The summed E-state index contributed by atoms with van der Waals surface area (Å²) in [7, 11) is 0. The highest BCUT2D eigenvalue weighted by Crippen LogP contribution is 2.23. The molecule has 0 spiro atoms. The Bertz CT molecular complexity index is 425. The van der Waals surface area contributed by atoms with Crippen LogP contribution in [0, 0.1) is 12.3 Å². The number of carbonyl (C=O) groups excluding carboxylic acids is 1. The van der Waals surface area contributed by atoms with Crippen LogP contribution in [-0.2, 0) is 11.3 Å².